The van der Waals surface area contributed by atoms with Gasteiger partial charge in [-0.1, -0.05) is 12.1 Å². The Hall–Kier alpha value is -2.41. The first kappa shape index (κ1) is 15.0. The molecule has 0 fully saturated rings. The van der Waals surface area contributed by atoms with Crippen LogP contribution in [0.25, 0.3) is 11.3 Å². The number of nitrogens with zero attached hydrogens (tertiary/aromatic N) is 2. The Bertz CT molecular complexity index is 784. The zero-order valence-electron chi connectivity index (χ0n) is 11.7. The first-order valence-electron chi connectivity index (χ1n) is 5.96. The van der Waals surface area contributed by atoms with Gasteiger partial charge in [-0.15, -0.1) is 0 Å². The average molecular weight is 305 g/mol. The third kappa shape index (κ3) is 3.19. The summed E-state index contributed by atoms with van der Waals surface area (Å²) in [7, 11) is -1.02. The lowest BCUT2D eigenvalue weighted by molar-refractivity contribution is 0.0595. The fraction of sp³-hybridized carbons (Fsp3) is 0.143. The molecule has 0 aliphatic carbocycles. The Morgan fingerprint density at radius 3 is 2.48 bits per heavy atom. The minimum atomic E-state index is -2.26. The summed E-state index contributed by atoms with van der Waals surface area (Å²) in [4.78, 5) is 20.3. The highest BCUT2D eigenvalue weighted by molar-refractivity contribution is 7.99. The van der Waals surface area contributed by atoms with Crippen LogP contribution in [0.2, 0.25) is 0 Å². The van der Waals surface area contributed by atoms with E-state index >= 15 is 0 Å². The third-order valence-electron chi connectivity index (χ3n) is 2.83. The fourth-order valence-electron chi connectivity index (χ4n) is 1.70. The predicted molar refractivity (Wildman–Crippen MR) is 82.7 cm³/mol. The summed E-state index contributed by atoms with van der Waals surface area (Å²) in [5.74, 6) is 2.99. The number of ether oxygens (including phenoxy) is 1. The number of carbonyl (C=O) groups excluding carboxylic acids is 1. The minimum Gasteiger partial charge on any atom is -0.464 e. The normalized spacial score (nSPS) is 13.4. The predicted octanol–water partition coefficient (Wildman–Crippen LogP) is 1.22. The van der Waals surface area contributed by atoms with Crippen LogP contribution in [0, 0.1) is 0 Å². The number of anilines is 1. The summed E-state index contributed by atoms with van der Waals surface area (Å²) >= 11 is 0. The summed E-state index contributed by atoms with van der Waals surface area (Å²) in [5, 5.41) is 0. The van der Waals surface area contributed by atoms with E-state index in [0.29, 0.717) is 10.6 Å². The molecule has 0 aliphatic heterocycles. The molecule has 1 unspecified atom stereocenters. The summed E-state index contributed by atoms with van der Waals surface area (Å²) in [5.41, 5.74) is 6.77. The molecule has 0 spiro atoms. The van der Waals surface area contributed by atoms with Crippen molar-refractivity contribution in [2.45, 2.75) is 4.90 Å². The van der Waals surface area contributed by atoms with E-state index in [9.17, 15) is 9.00 Å². The van der Waals surface area contributed by atoms with Gasteiger partial charge in [0.1, 0.15) is 0 Å². The second-order valence-corrected chi connectivity index (χ2v) is 6.99. The van der Waals surface area contributed by atoms with Gasteiger partial charge in [-0.25, -0.2) is 14.8 Å². The molecule has 21 heavy (non-hydrogen) atoms. The second kappa shape index (κ2) is 5.53. The number of aromatic nitrogens is 2. The van der Waals surface area contributed by atoms with E-state index in [1.165, 1.54) is 13.3 Å². The van der Waals surface area contributed by atoms with Crippen LogP contribution >= 0.6 is 0 Å². The van der Waals surface area contributed by atoms with Gasteiger partial charge >= 0.3 is 5.97 Å². The number of esters is 1. The number of carbonyl (C=O) groups is 1. The number of rotatable bonds is 3. The van der Waals surface area contributed by atoms with Crippen molar-refractivity contribution in [2.24, 2.45) is 0 Å². The highest BCUT2D eigenvalue weighted by Crippen LogP contribution is 2.21. The van der Waals surface area contributed by atoms with E-state index in [0.717, 1.165) is 5.56 Å². The largest absolute Gasteiger partial charge is 0.464 e. The molecule has 0 amide bonds. The molecule has 1 heterocycles. The van der Waals surface area contributed by atoms with Crippen LogP contribution in [0.1, 0.15) is 10.5 Å². The molecule has 2 rings (SSSR count). The van der Waals surface area contributed by atoms with E-state index in [-0.39, 0.29) is 11.5 Å². The maximum atomic E-state index is 11.8. The zero-order valence-corrected chi connectivity index (χ0v) is 12.5. The molecule has 6 nitrogen and oxygen atoms in total. The average Bonchev–Trinajstić information content (AvgIpc) is 2.46. The van der Waals surface area contributed by atoms with Gasteiger partial charge in [0.25, 0.3) is 0 Å². The van der Waals surface area contributed by atoms with Crippen molar-refractivity contribution in [1.82, 2.24) is 9.97 Å². The second-order valence-electron chi connectivity index (χ2n) is 4.51. The molecule has 0 saturated heterocycles. The number of methoxy groups -OCH3 is 1. The molecule has 7 heteroatoms. The first-order chi connectivity index (χ1) is 9.82. The molecule has 0 radical (unpaired) electrons. The van der Waals surface area contributed by atoms with Crippen LogP contribution in [0.5, 0.6) is 0 Å². The van der Waals surface area contributed by atoms with Crippen molar-refractivity contribution in [2.75, 3.05) is 19.1 Å². The van der Waals surface area contributed by atoms with Gasteiger partial charge < -0.3 is 10.5 Å². The molecule has 2 N–H and O–H groups in total. The highest BCUT2D eigenvalue weighted by atomic mass is 32.2. The number of nitrogens with two attached hydrogens (primary N) is 1. The summed E-state index contributed by atoms with van der Waals surface area (Å²) in [6.07, 6.45) is 3.03. The molecular formula is C14H15N3O3S. The SMILES string of the molecule is C=S(C)(=O)c1ccc(-c2cnc(N)c(C(=O)OC)n2)cc1. The van der Waals surface area contributed by atoms with E-state index in [1.807, 2.05) is 0 Å². The molecule has 110 valence electrons. The van der Waals surface area contributed by atoms with Crippen molar-refractivity contribution in [3.63, 3.8) is 0 Å². The Morgan fingerprint density at radius 2 is 1.95 bits per heavy atom. The lowest BCUT2D eigenvalue weighted by atomic mass is 10.1. The standard InChI is InChI=1S/C14H15N3O3S/c1-20-14(18)12-13(15)16-8-11(17-12)9-4-6-10(7-5-9)21(2,3)19/h4-8H,2H2,1,3H3,(H2,15,16). The van der Waals surface area contributed by atoms with Gasteiger partial charge in [-0.3, -0.25) is 4.21 Å². The molecule has 0 bridgehead atoms. The van der Waals surface area contributed by atoms with E-state index in [1.54, 1.807) is 30.5 Å². The van der Waals surface area contributed by atoms with Gasteiger partial charge in [0.2, 0.25) is 0 Å². The molecule has 1 aromatic heterocycles. The van der Waals surface area contributed by atoms with E-state index in [4.69, 9.17) is 5.73 Å². The summed E-state index contributed by atoms with van der Waals surface area (Å²) in [6.45, 7) is 0. The van der Waals surface area contributed by atoms with Crippen molar-refractivity contribution in [1.29, 1.82) is 0 Å². The number of hydrogen-bond donors (Lipinski definition) is 1. The molecule has 1 atom stereocenters. The Morgan fingerprint density at radius 1 is 1.33 bits per heavy atom. The summed E-state index contributed by atoms with van der Waals surface area (Å²) < 4.78 is 16.5. The zero-order chi connectivity index (χ0) is 15.6. The topological polar surface area (TPSA) is 95.2 Å². The van der Waals surface area contributed by atoms with Crippen molar-refractivity contribution < 1.29 is 13.7 Å². The quantitative estimate of drug-likeness (QED) is 0.676. The third-order valence-corrected chi connectivity index (χ3v) is 4.10. The van der Waals surface area contributed by atoms with Gasteiger partial charge in [0.15, 0.2) is 11.5 Å². The van der Waals surface area contributed by atoms with Crippen LogP contribution in [0.3, 0.4) is 0 Å². The molecule has 0 saturated carbocycles. The number of hydrogen-bond acceptors (Lipinski definition) is 6. The van der Waals surface area contributed by atoms with E-state index < -0.39 is 15.5 Å². The van der Waals surface area contributed by atoms with Crippen molar-refractivity contribution in [3.8, 4) is 11.3 Å². The first-order valence-corrected chi connectivity index (χ1v) is 8.10. The monoisotopic (exact) mass is 305 g/mol. The van der Waals surface area contributed by atoms with Crippen molar-refractivity contribution >= 4 is 27.2 Å². The Balaban J connectivity index is 2.45. The Kier molecular flexibility index (Phi) is 3.95. The van der Waals surface area contributed by atoms with Crippen LogP contribution < -0.4 is 5.73 Å². The van der Waals surface area contributed by atoms with Crippen LogP contribution in [-0.4, -0.2) is 39.4 Å². The smallest absolute Gasteiger partial charge is 0.360 e. The highest BCUT2D eigenvalue weighted by Gasteiger charge is 2.15. The van der Waals surface area contributed by atoms with Gasteiger partial charge in [-0.05, 0) is 27.5 Å². The van der Waals surface area contributed by atoms with Crippen LogP contribution in [0.15, 0.2) is 35.4 Å². The van der Waals surface area contributed by atoms with Gasteiger partial charge in [0, 0.05) is 16.7 Å². The molecule has 2 aromatic rings. The Labute approximate surface area is 123 Å². The van der Waals surface area contributed by atoms with E-state index in [2.05, 4.69) is 20.6 Å². The maximum Gasteiger partial charge on any atom is 0.360 e. The lowest BCUT2D eigenvalue weighted by Crippen LogP contribution is -2.10. The van der Waals surface area contributed by atoms with Crippen LogP contribution in [-0.2, 0) is 14.3 Å². The van der Waals surface area contributed by atoms with Gasteiger partial charge in [-0.2, -0.15) is 0 Å². The number of nitrogen functional groups attached to an aromatic ring is 1. The fourth-order valence-corrected chi connectivity index (χ4v) is 2.41. The summed E-state index contributed by atoms with van der Waals surface area (Å²) in [6, 6.07) is 6.90. The van der Waals surface area contributed by atoms with Gasteiger partial charge in [0.05, 0.1) is 19.0 Å². The molecular weight excluding hydrogens is 290 g/mol. The molecule has 0 aliphatic rings. The van der Waals surface area contributed by atoms with Crippen LogP contribution in [0.4, 0.5) is 5.82 Å². The lowest BCUT2D eigenvalue weighted by Gasteiger charge is -2.07. The van der Waals surface area contributed by atoms with Crippen molar-refractivity contribution in [3.05, 3.63) is 36.2 Å². The minimum absolute atomic E-state index is 0.0107. The maximum absolute atomic E-state index is 11.8. The number of benzene rings is 1. The molecule has 1 aromatic carbocycles.